The van der Waals surface area contributed by atoms with Gasteiger partial charge >= 0.3 is 11.9 Å². The fourth-order valence-corrected chi connectivity index (χ4v) is 4.41. The lowest BCUT2D eigenvalue weighted by atomic mass is 9.65. The van der Waals surface area contributed by atoms with Gasteiger partial charge in [0, 0.05) is 6.42 Å². The predicted octanol–water partition coefficient (Wildman–Crippen LogP) is 2.94. The normalized spacial score (nSPS) is 39.0. The second kappa shape index (κ2) is 6.11. The van der Waals surface area contributed by atoms with Crippen molar-refractivity contribution in [1.82, 2.24) is 0 Å². The van der Waals surface area contributed by atoms with Gasteiger partial charge in [-0.25, -0.2) is 0 Å². The van der Waals surface area contributed by atoms with E-state index >= 15 is 0 Å². The maximum Gasteiger partial charge on any atom is 0.322 e. The van der Waals surface area contributed by atoms with Crippen molar-refractivity contribution in [2.45, 2.75) is 75.2 Å². The maximum atomic E-state index is 12.0. The van der Waals surface area contributed by atoms with Gasteiger partial charge in [0.1, 0.15) is 10.9 Å². The Bertz CT molecular complexity index is 467. The van der Waals surface area contributed by atoms with Gasteiger partial charge in [-0.15, -0.1) is 0 Å². The Morgan fingerprint density at radius 2 is 2.18 bits per heavy atom. The molecule has 4 rings (SSSR count). The van der Waals surface area contributed by atoms with Crippen LogP contribution in [0.2, 0.25) is 0 Å². The van der Waals surface area contributed by atoms with Crippen molar-refractivity contribution in [3.05, 3.63) is 0 Å². The summed E-state index contributed by atoms with van der Waals surface area (Å²) in [6.07, 6.45) is 4.22. The quantitative estimate of drug-likeness (QED) is 0.420. The molecule has 0 amide bonds. The minimum absolute atomic E-state index is 0.0405. The van der Waals surface area contributed by atoms with Crippen molar-refractivity contribution in [3.8, 4) is 0 Å². The second-order valence-corrected chi connectivity index (χ2v) is 7.99. The molecular weight excluding hydrogens is 352 g/mol. The summed E-state index contributed by atoms with van der Waals surface area (Å²) in [6, 6.07) is 0. The highest BCUT2D eigenvalue weighted by atomic mass is 79.9. The SMILES string of the molecule is CCC(Br)C(=O)OC(C)OC12CC3CC(C1)OC(=O)C(C3)C2. The van der Waals surface area contributed by atoms with Crippen LogP contribution < -0.4 is 0 Å². The first kappa shape index (κ1) is 16.2. The van der Waals surface area contributed by atoms with Crippen molar-refractivity contribution in [2.75, 3.05) is 0 Å². The molecule has 5 nitrogen and oxygen atoms in total. The highest BCUT2D eigenvalue weighted by molar-refractivity contribution is 9.10. The van der Waals surface area contributed by atoms with Gasteiger partial charge < -0.3 is 14.2 Å². The molecule has 0 N–H and O–H groups in total. The van der Waals surface area contributed by atoms with Gasteiger partial charge in [0.25, 0.3) is 0 Å². The van der Waals surface area contributed by atoms with Crippen molar-refractivity contribution < 1.29 is 23.8 Å². The van der Waals surface area contributed by atoms with E-state index in [4.69, 9.17) is 14.2 Å². The number of alkyl halides is 1. The molecule has 2 aliphatic heterocycles. The van der Waals surface area contributed by atoms with E-state index in [1.54, 1.807) is 6.92 Å². The Labute approximate surface area is 139 Å². The van der Waals surface area contributed by atoms with Crippen LogP contribution in [0.3, 0.4) is 0 Å². The Balaban J connectivity index is 1.66. The molecule has 6 unspecified atom stereocenters. The molecule has 0 aromatic rings. The van der Waals surface area contributed by atoms with E-state index in [0.29, 0.717) is 18.8 Å². The summed E-state index contributed by atoms with van der Waals surface area (Å²) in [4.78, 5) is 23.6. The average Bonchev–Trinajstić information content (AvgIpc) is 2.59. The molecule has 0 aromatic carbocycles. The summed E-state index contributed by atoms with van der Waals surface area (Å²) in [5, 5.41) is 0. The summed E-state index contributed by atoms with van der Waals surface area (Å²) in [5.74, 6) is 0.0406. The third kappa shape index (κ3) is 3.18. The Hall–Kier alpha value is -0.620. The lowest BCUT2D eigenvalue weighted by molar-refractivity contribution is -0.229. The van der Waals surface area contributed by atoms with E-state index in [2.05, 4.69) is 15.9 Å². The van der Waals surface area contributed by atoms with Crippen molar-refractivity contribution in [3.63, 3.8) is 0 Å². The van der Waals surface area contributed by atoms with Crippen molar-refractivity contribution in [2.24, 2.45) is 11.8 Å². The number of rotatable bonds is 5. The van der Waals surface area contributed by atoms with Gasteiger partial charge in [0.15, 0.2) is 0 Å². The highest BCUT2D eigenvalue weighted by Crippen LogP contribution is 2.51. The number of halogens is 1. The molecule has 2 heterocycles. The Morgan fingerprint density at radius 3 is 2.91 bits per heavy atom. The van der Waals surface area contributed by atoms with Crippen LogP contribution >= 0.6 is 15.9 Å². The number of esters is 2. The molecule has 0 aromatic heterocycles. The van der Waals surface area contributed by atoms with Gasteiger partial charge in [0.05, 0.1) is 11.5 Å². The molecule has 4 aliphatic rings. The molecule has 124 valence electrons. The van der Waals surface area contributed by atoms with E-state index in [9.17, 15) is 9.59 Å². The van der Waals surface area contributed by atoms with Gasteiger partial charge in [-0.1, -0.05) is 22.9 Å². The molecule has 0 radical (unpaired) electrons. The molecule has 22 heavy (non-hydrogen) atoms. The van der Waals surface area contributed by atoms with Crippen LogP contribution in [0.5, 0.6) is 0 Å². The lowest BCUT2D eigenvalue weighted by Crippen LogP contribution is -2.49. The number of hydrogen-bond acceptors (Lipinski definition) is 5. The maximum absolute atomic E-state index is 12.0. The van der Waals surface area contributed by atoms with Crippen LogP contribution in [0.15, 0.2) is 0 Å². The lowest BCUT2D eigenvalue weighted by Gasteiger charge is -2.46. The van der Waals surface area contributed by atoms with Crippen molar-refractivity contribution >= 4 is 27.9 Å². The summed E-state index contributed by atoms with van der Waals surface area (Å²) in [6.45, 7) is 3.67. The minimum Gasteiger partial charge on any atom is -0.462 e. The number of carbonyl (C=O) groups is 2. The van der Waals surface area contributed by atoms with E-state index in [1.165, 1.54) is 0 Å². The van der Waals surface area contributed by atoms with Crippen LogP contribution in [0.4, 0.5) is 0 Å². The number of carbonyl (C=O) groups excluding carboxylic acids is 2. The summed E-state index contributed by atoms with van der Waals surface area (Å²) in [5.41, 5.74) is -0.379. The van der Waals surface area contributed by atoms with Crippen LogP contribution in [0.25, 0.3) is 0 Å². The molecule has 4 fully saturated rings. The minimum atomic E-state index is -0.606. The average molecular weight is 375 g/mol. The summed E-state index contributed by atoms with van der Waals surface area (Å²) >= 11 is 3.29. The van der Waals surface area contributed by atoms with E-state index in [1.807, 2.05) is 6.92 Å². The molecule has 0 spiro atoms. The standard InChI is InChI=1S/C16H23BrO5/c1-3-13(17)15(19)20-9(2)22-16-6-10-4-11(7-16)14(18)21-12(5-10)8-16/h9-13H,3-8H2,1-2H3. The Morgan fingerprint density at radius 1 is 1.41 bits per heavy atom. The van der Waals surface area contributed by atoms with Crippen LogP contribution in [-0.2, 0) is 23.8 Å². The third-order valence-corrected chi connectivity index (χ3v) is 6.04. The number of fused-ring (bicyclic) bond motifs is 1. The summed E-state index contributed by atoms with van der Waals surface area (Å²) in [7, 11) is 0. The van der Waals surface area contributed by atoms with Crippen molar-refractivity contribution in [1.29, 1.82) is 0 Å². The molecule has 2 aliphatic carbocycles. The Kier molecular flexibility index (Phi) is 4.52. The second-order valence-electron chi connectivity index (χ2n) is 6.89. The zero-order valence-electron chi connectivity index (χ0n) is 13.0. The largest absolute Gasteiger partial charge is 0.462 e. The zero-order valence-corrected chi connectivity index (χ0v) is 14.6. The number of ether oxygens (including phenoxy) is 3. The molecule has 2 saturated carbocycles. The molecule has 2 saturated heterocycles. The third-order valence-electron chi connectivity index (χ3n) is 5.02. The van der Waals surface area contributed by atoms with Gasteiger partial charge in [-0.3, -0.25) is 9.59 Å². The molecular formula is C16H23BrO5. The first-order valence-corrected chi connectivity index (χ1v) is 9.05. The fraction of sp³-hybridized carbons (Fsp3) is 0.875. The van der Waals surface area contributed by atoms with Crippen LogP contribution in [0, 0.1) is 11.8 Å². The predicted molar refractivity (Wildman–Crippen MR) is 82.3 cm³/mol. The topological polar surface area (TPSA) is 61.8 Å². The first-order chi connectivity index (χ1) is 10.4. The van der Waals surface area contributed by atoms with Crippen LogP contribution in [-0.4, -0.2) is 34.8 Å². The fourth-order valence-electron chi connectivity index (χ4n) is 4.30. The molecule has 4 bridgehead atoms. The van der Waals surface area contributed by atoms with Gasteiger partial charge in [-0.2, -0.15) is 0 Å². The van der Waals surface area contributed by atoms with Gasteiger partial charge in [0.2, 0.25) is 6.29 Å². The van der Waals surface area contributed by atoms with E-state index < -0.39 is 6.29 Å². The highest BCUT2D eigenvalue weighted by Gasteiger charge is 2.54. The molecule has 6 heteroatoms. The first-order valence-electron chi connectivity index (χ1n) is 8.13. The van der Waals surface area contributed by atoms with Gasteiger partial charge in [-0.05, 0) is 44.9 Å². The monoisotopic (exact) mass is 374 g/mol. The number of hydrogen-bond donors (Lipinski definition) is 0. The van der Waals surface area contributed by atoms with Crippen LogP contribution in [0.1, 0.15) is 52.4 Å². The van der Waals surface area contributed by atoms with E-state index in [-0.39, 0.29) is 34.4 Å². The smallest absolute Gasteiger partial charge is 0.322 e. The molecule has 6 atom stereocenters. The zero-order chi connectivity index (χ0) is 15.9. The summed E-state index contributed by atoms with van der Waals surface area (Å²) < 4.78 is 17.1. The van der Waals surface area contributed by atoms with E-state index in [0.717, 1.165) is 25.7 Å².